The first kappa shape index (κ1) is 12.1. The molecule has 1 aliphatic rings. The Labute approximate surface area is 105 Å². The molecule has 0 radical (unpaired) electrons. The number of hydrogen-bond donors (Lipinski definition) is 1. The second kappa shape index (κ2) is 4.89. The summed E-state index contributed by atoms with van der Waals surface area (Å²) in [6.07, 6.45) is 0. The molecule has 0 aromatic heterocycles. The monoisotopic (exact) mass is 255 g/mol. The average molecular weight is 256 g/mol. The maximum atomic E-state index is 11.0. The van der Waals surface area contributed by atoms with E-state index in [4.69, 9.17) is 11.6 Å². The van der Waals surface area contributed by atoms with E-state index in [1.54, 1.807) is 12.1 Å². The SMILES string of the molecule is CC1CN(c2ccc(Cl)cc2[N+](=O)[O-])CCN1. The van der Waals surface area contributed by atoms with Crippen molar-refractivity contribution >= 4 is 23.0 Å². The number of benzene rings is 1. The highest BCUT2D eigenvalue weighted by Crippen LogP contribution is 2.31. The smallest absolute Gasteiger partial charge is 0.294 e. The summed E-state index contributed by atoms with van der Waals surface area (Å²) < 4.78 is 0. The van der Waals surface area contributed by atoms with E-state index in [0.29, 0.717) is 16.8 Å². The molecule has 92 valence electrons. The van der Waals surface area contributed by atoms with Gasteiger partial charge in [0.2, 0.25) is 0 Å². The molecule has 5 nitrogen and oxygen atoms in total. The molecule has 0 bridgehead atoms. The van der Waals surface area contributed by atoms with Crippen molar-refractivity contribution < 1.29 is 4.92 Å². The van der Waals surface area contributed by atoms with Crippen LogP contribution in [0.2, 0.25) is 5.02 Å². The van der Waals surface area contributed by atoms with Crippen molar-refractivity contribution in [2.75, 3.05) is 24.5 Å². The molecule has 6 heteroatoms. The molecular weight excluding hydrogens is 242 g/mol. The molecule has 1 fully saturated rings. The summed E-state index contributed by atoms with van der Waals surface area (Å²) in [5.74, 6) is 0. The largest absolute Gasteiger partial charge is 0.363 e. The first-order chi connectivity index (χ1) is 8.08. The van der Waals surface area contributed by atoms with Gasteiger partial charge in [-0.2, -0.15) is 0 Å². The number of anilines is 1. The van der Waals surface area contributed by atoms with Crippen molar-refractivity contribution in [1.29, 1.82) is 0 Å². The summed E-state index contributed by atoms with van der Waals surface area (Å²) in [7, 11) is 0. The molecule has 17 heavy (non-hydrogen) atoms. The molecular formula is C11H14ClN3O2. The van der Waals surface area contributed by atoms with Crippen LogP contribution >= 0.6 is 11.6 Å². The highest BCUT2D eigenvalue weighted by Gasteiger charge is 2.23. The highest BCUT2D eigenvalue weighted by atomic mass is 35.5. The first-order valence-corrected chi connectivity index (χ1v) is 5.88. The third-order valence-electron chi connectivity index (χ3n) is 2.84. The molecule has 1 aliphatic heterocycles. The van der Waals surface area contributed by atoms with Crippen molar-refractivity contribution in [2.24, 2.45) is 0 Å². The zero-order chi connectivity index (χ0) is 12.4. The second-order valence-corrected chi connectivity index (χ2v) is 4.63. The van der Waals surface area contributed by atoms with Crippen molar-refractivity contribution in [3.8, 4) is 0 Å². The van der Waals surface area contributed by atoms with Crippen LogP contribution in [0.15, 0.2) is 18.2 Å². The van der Waals surface area contributed by atoms with Crippen LogP contribution < -0.4 is 10.2 Å². The van der Waals surface area contributed by atoms with Gasteiger partial charge in [-0.3, -0.25) is 10.1 Å². The van der Waals surface area contributed by atoms with Crippen LogP contribution in [-0.2, 0) is 0 Å². The number of hydrogen-bond acceptors (Lipinski definition) is 4. The Morgan fingerprint density at radius 2 is 2.35 bits per heavy atom. The summed E-state index contributed by atoms with van der Waals surface area (Å²) >= 11 is 5.79. The molecule has 1 N–H and O–H groups in total. The predicted molar refractivity (Wildman–Crippen MR) is 67.8 cm³/mol. The number of piperazine rings is 1. The summed E-state index contributed by atoms with van der Waals surface area (Å²) in [5, 5.41) is 14.7. The van der Waals surface area contributed by atoms with Crippen molar-refractivity contribution in [2.45, 2.75) is 13.0 Å². The van der Waals surface area contributed by atoms with Gasteiger partial charge in [-0.1, -0.05) is 11.6 Å². The molecule has 1 aromatic rings. The van der Waals surface area contributed by atoms with E-state index in [2.05, 4.69) is 12.2 Å². The quantitative estimate of drug-likeness (QED) is 0.649. The van der Waals surface area contributed by atoms with E-state index in [-0.39, 0.29) is 10.6 Å². The van der Waals surface area contributed by atoms with Gasteiger partial charge in [0.05, 0.1) is 4.92 Å². The normalized spacial score (nSPS) is 20.4. The van der Waals surface area contributed by atoms with Gasteiger partial charge in [0.15, 0.2) is 0 Å². The van der Waals surface area contributed by atoms with Crippen molar-refractivity contribution in [3.05, 3.63) is 33.3 Å². The topological polar surface area (TPSA) is 58.4 Å². The minimum Gasteiger partial charge on any atom is -0.363 e. The number of nitrogens with one attached hydrogen (secondary N) is 1. The van der Waals surface area contributed by atoms with E-state index < -0.39 is 0 Å². The van der Waals surface area contributed by atoms with Crippen LogP contribution in [0.25, 0.3) is 0 Å². The lowest BCUT2D eigenvalue weighted by Crippen LogP contribution is -2.49. The van der Waals surface area contributed by atoms with Crippen molar-refractivity contribution in [1.82, 2.24) is 5.32 Å². The molecule has 1 atom stereocenters. The van der Waals surface area contributed by atoms with E-state index in [1.807, 2.05) is 4.90 Å². The van der Waals surface area contributed by atoms with Crippen LogP contribution in [0.5, 0.6) is 0 Å². The molecule has 0 amide bonds. The van der Waals surface area contributed by atoms with Crippen molar-refractivity contribution in [3.63, 3.8) is 0 Å². The Balaban J connectivity index is 2.33. The minimum atomic E-state index is -0.381. The lowest BCUT2D eigenvalue weighted by atomic mass is 10.2. The fourth-order valence-corrected chi connectivity index (χ4v) is 2.23. The van der Waals surface area contributed by atoms with Gasteiger partial charge in [0, 0.05) is 36.8 Å². The van der Waals surface area contributed by atoms with Crippen LogP contribution in [0, 0.1) is 10.1 Å². The molecule has 1 aromatic carbocycles. The summed E-state index contributed by atoms with van der Waals surface area (Å²) in [4.78, 5) is 12.6. The van der Waals surface area contributed by atoms with Crippen LogP contribution in [0.4, 0.5) is 11.4 Å². The predicted octanol–water partition coefficient (Wildman–Crippen LogP) is 2.05. The van der Waals surface area contributed by atoms with E-state index in [9.17, 15) is 10.1 Å². The molecule has 0 spiro atoms. The standard InChI is InChI=1S/C11H14ClN3O2/c1-8-7-14(5-4-13-8)10-3-2-9(12)6-11(10)15(16)17/h2-3,6,8,13H,4-5,7H2,1H3. The van der Waals surface area contributed by atoms with Gasteiger partial charge in [0.25, 0.3) is 5.69 Å². The lowest BCUT2D eigenvalue weighted by molar-refractivity contribution is -0.384. The number of nitrogens with zero attached hydrogens (tertiary/aromatic N) is 2. The number of nitro benzene ring substituents is 1. The molecule has 0 aliphatic carbocycles. The molecule has 1 unspecified atom stereocenters. The minimum absolute atomic E-state index is 0.0756. The Kier molecular flexibility index (Phi) is 3.49. The molecule has 1 heterocycles. The van der Waals surface area contributed by atoms with E-state index >= 15 is 0 Å². The lowest BCUT2D eigenvalue weighted by Gasteiger charge is -2.33. The zero-order valence-corrected chi connectivity index (χ0v) is 10.3. The Hall–Kier alpha value is -1.33. The third kappa shape index (κ3) is 2.68. The van der Waals surface area contributed by atoms with E-state index in [1.165, 1.54) is 6.07 Å². The second-order valence-electron chi connectivity index (χ2n) is 4.19. The zero-order valence-electron chi connectivity index (χ0n) is 9.52. The maximum absolute atomic E-state index is 11.0. The Morgan fingerprint density at radius 3 is 3.00 bits per heavy atom. The van der Waals surface area contributed by atoms with E-state index in [0.717, 1.165) is 19.6 Å². The molecule has 0 saturated carbocycles. The highest BCUT2D eigenvalue weighted by molar-refractivity contribution is 6.30. The van der Waals surface area contributed by atoms with Gasteiger partial charge < -0.3 is 10.2 Å². The number of rotatable bonds is 2. The van der Waals surface area contributed by atoms with Crippen LogP contribution in [-0.4, -0.2) is 30.6 Å². The maximum Gasteiger partial charge on any atom is 0.294 e. The van der Waals surface area contributed by atoms with Crippen LogP contribution in [0.3, 0.4) is 0 Å². The Bertz CT molecular complexity index is 439. The summed E-state index contributed by atoms with van der Waals surface area (Å²) in [6, 6.07) is 5.15. The van der Waals surface area contributed by atoms with Gasteiger partial charge in [0.1, 0.15) is 5.69 Å². The third-order valence-corrected chi connectivity index (χ3v) is 3.08. The summed E-state index contributed by atoms with van der Waals surface area (Å²) in [5.41, 5.74) is 0.722. The van der Waals surface area contributed by atoms with Gasteiger partial charge in [-0.25, -0.2) is 0 Å². The average Bonchev–Trinajstić information content (AvgIpc) is 2.28. The first-order valence-electron chi connectivity index (χ1n) is 5.50. The van der Waals surface area contributed by atoms with Gasteiger partial charge >= 0.3 is 0 Å². The number of halogens is 1. The van der Waals surface area contributed by atoms with Gasteiger partial charge in [-0.05, 0) is 19.1 Å². The Morgan fingerprint density at radius 1 is 1.59 bits per heavy atom. The summed E-state index contributed by atoms with van der Waals surface area (Å²) in [6.45, 7) is 4.43. The van der Waals surface area contributed by atoms with Crippen LogP contribution in [0.1, 0.15) is 6.92 Å². The fraction of sp³-hybridized carbons (Fsp3) is 0.455. The number of nitro groups is 1. The molecule has 2 rings (SSSR count). The molecule has 1 saturated heterocycles. The fourth-order valence-electron chi connectivity index (χ4n) is 2.06. The van der Waals surface area contributed by atoms with Gasteiger partial charge in [-0.15, -0.1) is 0 Å².